The fourth-order valence-corrected chi connectivity index (χ4v) is 1.21. The molecule has 1 aliphatic heterocycles. The first-order chi connectivity index (χ1) is 7.73. The molecule has 0 aromatic heterocycles. The van der Waals surface area contributed by atoms with Crippen molar-refractivity contribution in [2.75, 3.05) is 52.4 Å². The van der Waals surface area contributed by atoms with Gasteiger partial charge in [0.15, 0.2) is 4.30 Å². The Morgan fingerprint density at radius 1 is 0.500 bits per heavy atom. The van der Waals surface area contributed by atoms with Crippen LogP contribution in [0.25, 0.3) is 0 Å². The zero-order valence-electron chi connectivity index (χ0n) is 9.37. The Morgan fingerprint density at radius 2 is 0.625 bits per heavy atom. The first kappa shape index (κ1) is 16.7. The third-order valence-electron chi connectivity index (χ3n) is 1.91. The van der Waals surface area contributed by atoms with E-state index in [0.29, 0.717) is 0 Å². The first-order valence-electron chi connectivity index (χ1n) is 5.48. The van der Waals surface area contributed by atoms with Gasteiger partial charge in [-0.05, 0) is 0 Å². The van der Waals surface area contributed by atoms with Gasteiger partial charge < -0.3 is 21.3 Å². The summed E-state index contributed by atoms with van der Waals surface area (Å²) in [5.41, 5.74) is 0. The molecule has 98 valence electrons. The summed E-state index contributed by atoms with van der Waals surface area (Å²) in [4.78, 5) is 0. The summed E-state index contributed by atoms with van der Waals surface area (Å²) < 4.78 is -0.750. The summed E-state index contributed by atoms with van der Waals surface area (Å²) in [5.74, 6) is 0. The minimum Gasteiger partial charge on any atom is -0.314 e. The molecule has 1 fully saturated rings. The maximum atomic E-state index is 4.81. The van der Waals surface area contributed by atoms with Crippen LogP contribution in [-0.2, 0) is 0 Å². The lowest BCUT2D eigenvalue weighted by Gasteiger charge is -2.11. The van der Waals surface area contributed by atoms with E-state index in [2.05, 4.69) is 21.3 Å². The molecule has 0 aliphatic carbocycles. The van der Waals surface area contributed by atoms with Gasteiger partial charge in [-0.3, -0.25) is 0 Å². The monoisotopic (exact) mass is 290 g/mol. The summed E-state index contributed by atoms with van der Waals surface area (Å²) in [6, 6.07) is 0. The smallest absolute Gasteiger partial charge is 0.180 e. The third kappa shape index (κ3) is 17.1. The largest absolute Gasteiger partial charge is 0.314 e. The van der Waals surface area contributed by atoms with Gasteiger partial charge in [-0.15, -0.1) is 0 Å². The fraction of sp³-hybridized carbons (Fsp3) is 1.00. The van der Waals surface area contributed by atoms with Crippen LogP contribution in [0.4, 0.5) is 0 Å². The molecule has 0 aromatic rings. The van der Waals surface area contributed by atoms with Crippen molar-refractivity contribution >= 4 is 34.8 Å². The lowest BCUT2D eigenvalue weighted by atomic mass is 10.4. The molecule has 0 aromatic carbocycles. The molecule has 4 nitrogen and oxygen atoms in total. The van der Waals surface area contributed by atoms with Gasteiger partial charge in [-0.2, -0.15) is 0 Å². The van der Waals surface area contributed by atoms with Crippen LogP contribution < -0.4 is 21.3 Å². The predicted molar refractivity (Wildman–Crippen MR) is 72.8 cm³/mol. The maximum absolute atomic E-state index is 4.81. The summed E-state index contributed by atoms with van der Waals surface area (Å²) in [6.07, 6.45) is 0. The number of hydrogen-bond donors (Lipinski definition) is 4. The second-order valence-electron chi connectivity index (χ2n) is 3.25. The van der Waals surface area contributed by atoms with Crippen LogP contribution in [0, 0.1) is 0 Å². The minimum absolute atomic E-state index is 0.750. The Hall–Kier alpha value is 0.710. The van der Waals surface area contributed by atoms with E-state index >= 15 is 0 Å². The van der Waals surface area contributed by atoms with Crippen LogP contribution in [-0.4, -0.2) is 56.7 Å². The van der Waals surface area contributed by atoms with Crippen LogP contribution in [0.15, 0.2) is 0 Å². The Kier molecular flexibility index (Phi) is 14.4. The van der Waals surface area contributed by atoms with E-state index in [9.17, 15) is 0 Å². The van der Waals surface area contributed by atoms with Crippen molar-refractivity contribution in [3.8, 4) is 0 Å². The maximum Gasteiger partial charge on any atom is 0.180 e. The van der Waals surface area contributed by atoms with E-state index in [0.717, 1.165) is 52.4 Å². The zero-order valence-corrected chi connectivity index (χ0v) is 11.6. The van der Waals surface area contributed by atoms with Crippen molar-refractivity contribution in [1.82, 2.24) is 21.3 Å². The second-order valence-corrected chi connectivity index (χ2v) is 5.23. The van der Waals surface area contributed by atoms with Crippen molar-refractivity contribution in [3.05, 3.63) is 0 Å². The average Bonchev–Trinajstić information content (AvgIpc) is 2.17. The molecule has 0 atom stereocenters. The van der Waals surface area contributed by atoms with E-state index in [1.807, 2.05) is 0 Å². The van der Waals surface area contributed by atoms with Gasteiger partial charge in [0.25, 0.3) is 0 Å². The summed E-state index contributed by atoms with van der Waals surface area (Å²) in [6.45, 7) is 8.57. The molecule has 1 heterocycles. The normalized spacial score (nSPS) is 20.2. The summed E-state index contributed by atoms with van der Waals surface area (Å²) in [7, 11) is 0. The Balaban J connectivity index is 0.000000487. The van der Waals surface area contributed by atoms with Gasteiger partial charge >= 0.3 is 0 Å². The topological polar surface area (TPSA) is 48.1 Å². The Labute approximate surface area is 113 Å². The first-order valence-corrected chi connectivity index (χ1v) is 6.79. The van der Waals surface area contributed by atoms with Gasteiger partial charge in [0.1, 0.15) is 0 Å². The van der Waals surface area contributed by atoms with Crippen molar-refractivity contribution in [2.45, 2.75) is 4.30 Å². The predicted octanol–water partition coefficient (Wildman–Crippen LogP) is 0.345. The Bertz CT molecular complexity index is 92.1. The lowest BCUT2D eigenvalue weighted by Crippen LogP contribution is -2.39. The molecule has 0 amide bonds. The molecule has 0 unspecified atom stereocenters. The zero-order chi connectivity index (χ0) is 12.1. The molecule has 1 rings (SSSR count). The molecule has 0 radical (unpaired) electrons. The molecule has 1 saturated heterocycles. The number of alkyl halides is 3. The van der Waals surface area contributed by atoms with Gasteiger partial charge in [-0.1, -0.05) is 34.8 Å². The van der Waals surface area contributed by atoms with E-state index < -0.39 is 4.30 Å². The Morgan fingerprint density at radius 3 is 0.750 bits per heavy atom. The molecular weight excluding hydrogens is 270 g/mol. The highest BCUT2D eigenvalue weighted by atomic mass is 35.6. The molecule has 16 heavy (non-hydrogen) atoms. The highest BCUT2D eigenvalue weighted by molar-refractivity contribution is 6.63. The number of hydrogen-bond acceptors (Lipinski definition) is 4. The minimum atomic E-state index is -0.750. The van der Waals surface area contributed by atoms with Crippen molar-refractivity contribution in [2.24, 2.45) is 0 Å². The van der Waals surface area contributed by atoms with Gasteiger partial charge in [0.2, 0.25) is 0 Å². The molecule has 0 saturated carbocycles. The molecule has 1 aliphatic rings. The molecule has 0 spiro atoms. The van der Waals surface area contributed by atoms with Crippen LogP contribution in [0.1, 0.15) is 0 Å². The van der Waals surface area contributed by atoms with Crippen molar-refractivity contribution < 1.29 is 0 Å². The fourth-order valence-electron chi connectivity index (χ4n) is 1.21. The molecular formula is C9H21Cl3N4. The highest BCUT2D eigenvalue weighted by Gasteiger charge is 1.92. The van der Waals surface area contributed by atoms with Crippen molar-refractivity contribution in [1.29, 1.82) is 0 Å². The van der Waals surface area contributed by atoms with Crippen LogP contribution in [0.2, 0.25) is 0 Å². The van der Waals surface area contributed by atoms with Crippen LogP contribution in [0.3, 0.4) is 0 Å². The van der Waals surface area contributed by atoms with E-state index in [1.165, 1.54) is 0 Å². The quantitative estimate of drug-likeness (QED) is 0.486. The second kappa shape index (κ2) is 13.8. The number of rotatable bonds is 0. The standard InChI is InChI=1S/C8H20N4.CHCl3/c1-2-10-5-6-12-8-7-11-4-3-9-1;2-1(3)4/h9-12H,1-8H2;1H. The van der Waals surface area contributed by atoms with Gasteiger partial charge in [0, 0.05) is 52.4 Å². The van der Waals surface area contributed by atoms with Gasteiger partial charge in [0.05, 0.1) is 0 Å². The van der Waals surface area contributed by atoms with Crippen molar-refractivity contribution in [3.63, 3.8) is 0 Å². The molecule has 7 heteroatoms. The lowest BCUT2D eigenvalue weighted by molar-refractivity contribution is 0.534. The van der Waals surface area contributed by atoms with Crippen LogP contribution in [0.5, 0.6) is 0 Å². The van der Waals surface area contributed by atoms with E-state index in [-0.39, 0.29) is 0 Å². The number of nitrogens with one attached hydrogen (secondary N) is 4. The molecule has 0 bridgehead atoms. The SMILES string of the molecule is C1CNCCNCCNCCN1.ClC(Cl)Cl. The molecule has 4 N–H and O–H groups in total. The van der Waals surface area contributed by atoms with Crippen LogP contribution >= 0.6 is 34.8 Å². The summed E-state index contributed by atoms with van der Waals surface area (Å²) in [5, 5.41) is 13.4. The highest BCUT2D eigenvalue weighted by Crippen LogP contribution is 2.03. The summed E-state index contributed by atoms with van der Waals surface area (Å²) >= 11 is 14.4. The van der Waals surface area contributed by atoms with E-state index in [1.54, 1.807) is 0 Å². The van der Waals surface area contributed by atoms with Gasteiger partial charge in [-0.25, -0.2) is 0 Å². The number of halogens is 3. The average molecular weight is 292 g/mol. The van der Waals surface area contributed by atoms with E-state index in [4.69, 9.17) is 34.8 Å². The third-order valence-corrected chi connectivity index (χ3v) is 1.91.